The number of amides is 2. The molecule has 0 saturated heterocycles. The summed E-state index contributed by atoms with van der Waals surface area (Å²) in [5.74, 6) is 0.815. The second kappa shape index (κ2) is 9.65. The van der Waals surface area contributed by atoms with Gasteiger partial charge in [-0.25, -0.2) is 9.97 Å². The molecule has 2 saturated carbocycles. The number of nitrogens with zero attached hydrogens (tertiary/aromatic N) is 2. The fourth-order valence-electron chi connectivity index (χ4n) is 4.82. The lowest BCUT2D eigenvalue weighted by Crippen LogP contribution is -2.38. The molecule has 2 aliphatic rings. The molecule has 9 nitrogen and oxygen atoms in total. The summed E-state index contributed by atoms with van der Waals surface area (Å²) in [5, 5.41) is 14.8. The minimum absolute atomic E-state index is 0.0478. The molecule has 0 spiro atoms. The summed E-state index contributed by atoms with van der Waals surface area (Å²) in [5.41, 5.74) is 5.18. The predicted molar refractivity (Wildman–Crippen MR) is 131 cm³/mol. The number of carbonyl (C=O) groups excluding carboxylic acids is 2. The van der Waals surface area contributed by atoms with Crippen LogP contribution >= 0.6 is 0 Å². The van der Waals surface area contributed by atoms with E-state index in [-0.39, 0.29) is 18.0 Å². The van der Waals surface area contributed by atoms with Crippen LogP contribution in [0.15, 0.2) is 24.5 Å². The Kier molecular flexibility index (Phi) is 6.42. The minimum Gasteiger partial charge on any atom is -0.493 e. The van der Waals surface area contributed by atoms with Crippen molar-refractivity contribution in [2.45, 2.75) is 58.0 Å². The fraction of sp³-hybridized carbons (Fsp3) is 0.462. The van der Waals surface area contributed by atoms with Gasteiger partial charge in [-0.05, 0) is 64.0 Å². The Hall–Kier alpha value is -3.46. The molecule has 4 N–H and O–H groups in total. The Morgan fingerprint density at radius 1 is 1.11 bits per heavy atom. The van der Waals surface area contributed by atoms with Gasteiger partial charge in [0.2, 0.25) is 5.91 Å². The lowest BCUT2D eigenvalue weighted by Gasteiger charge is -2.14. The third-order valence-corrected chi connectivity index (χ3v) is 6.84. The Labute approximate surface area is 203 Å². The molecule has 184 valence electrons. The molecule has 2 fully saturated rings. The van der Waals surface area contributed by atoms with Crippen LogP contribution in [0.2, 0.25) is 0 Å². The predicted octanol–water partition coefficient (Wildman–Crippen LogP) is 2.79. The maximum atomic E-state index is 13.3. The molecule has 1 aromatic carbocycles. The van der Waals surface area contributed by atoms with E-state index in [1.54, 1.807) is 0 Å². The normalized spacial score (nSPS) is 19.6. The molecule has 3 aromatic rings. The lowest BCUT2D eigenvalue weighted by molar-refractivity contribution is -0.124. The third-order valence-electron chi connectivity index (χ3n) is 6.84. The van der Waals surface area contributed by atoms with Gasteiger partial charge in [-0.2, -0.15) is 0 Å². The zero-order valence-corrected chi connectivity index (χ0v) is 20.1. The van der Waals surface area contributed by atoms with Crippen molar-refractivity contribution in [3.63, 3.8) is 0 Å². The SMILES string of the molecule is Cc1ccc(OCC2CC2)c(-c2ncnc3c(C(=O)NC4CCC(NC(=O)CO)C4)c(C)[nH]c23)c1. The van der Waals surface area contributed by atoms with Crippen molar-refractivity contribution < 1.29 is 19.4 Å². The van der Waals surface area contributed by atoms with Crippen LogP contribution in [0.3, 0.4) is 0 Å². The van der Waals surface area contributed by atoms with Crippen LogP contribution in [0.5, 0.6) is 5.75 Å². The van der Waals surface area contributed by atoms with Gasteiger partial charge in [0, 0.05) is 23.3 Å². The number of H-pyrrole nitrogens is 1. The van der Waals surface area contributed by atoms with E-state index < -0.39 is 12.5 Å². The highest BCUT2D eigenvalue weighted by Crippen LogP contribution is 2.37. The van der Waals surface area contributed by atoms with Gasteiger partial charge >= 0.3 is 0 Å². The van der Waals surface area contributed by atoms with Gasteiger partial charge in [0.05, 0.1) is 17.7 Å². The monoisotopic (exact) mass is 477 g/mol. The summed E-state index contributed by atoms with van der Waals surface area (Å²) in [4.78, 5) is 37.1. The molecular weight excluding hydrogens is 446 g/mol. The van der Waals surface area contributed by atoms with Crippen LogP contribution in [0.25, 0.3) is 22.3 Å². The molecule has 0 aliphatic heterocycles. The summed E-state index contributed by atoms with van der Waals surface area (Å²) >= 11 is 0. The average molecular weight is 478 g/mol. The van der Waals surface area contributed by atoms with Gasteiger partial charge in [-0.15, -0.1) is 0 Å². The van der Waals surface area contributed by atoms with E-state index in [1.807, 2.05) is 26.0 Å². The lowest BCUT2D eigenvalue weighted by atomic mass is 10.1. The van der Waals surface area contributed by atoms with Crippen molar-refractivity contribution in [2.24, 2.45) is 5.92 Å². The van der Waals surface area contributed by atoms with Gasteiger partial charge in [0.1, 0.15) is 29.9 Å². The molecule has 0 bridgehead atoms. The molecule has 2 heterocycles. The Morgan fingerprint density at radius 2 is 1.89 bits per heavy atom. The number of benzene rings is 1. The number of nitrogens with one attached hydrogen (secondary N) is 3. The van der Waals surface area contributed by atoms with E-state index in [4.69, 9.17) is 9.84 Å². The molecule has 0 radical (unpaired) electrons. The van der Waals surface area contributed by atoms with E-state index >= 15 is 0 Å². The van der Waals surface area contributed by atoms with Crippen LogP contribution in [-0.4, -0.2) is 57.2 Å². The van der Waals surface area contributed by atoms with Crippen LogP contribution in [0, 0.1) is 19.8 Å². The highest BCUT2D eigenvalue weighted by Gasteiger charge is 2.29. The fourth-order valence-corrected chi connectivity index (χ4v) is 4.82. The van der Waals surface area contributed by atoms with Gasteiger partial charge < -0.3 is 25.5 Å². The number of hydrogen-bond donors (Lipinski definition) is 4. The standard InChI is InChI=1S/C26H31N5O4/c1-14-3-8-20(35-12-16-4-5-16)19(9-14)23-25-24(28-13-27-23)22(15(2)29-25)26(34)31-18-7-6-17(10-18)30-21(33)11-32/h3,8-9,13,16-18,29,32H,4-7,10-12H2,1-2H3,(H,30,33)(H,31,34). The first-order chi connectivity index (χ1) is 16.9. The number of aryl methyl sites for hydroxylation is 2. The van der Waals surface area contributed by atoms with E-state index in [2.05, 4.69) is 31.7 Å². The molecule has 5 rings (SSSR count). The second-order valence-electron chi connectivity index (χ2n) is 9.73. The zero-order valence-electron chi connectivity index (χ0n) is 20.1. The Balaban J connectivity index is 1.41. The highest BCUT2D eigenvalue weighted by atomic mass is 16.5. The number of fused-ring (bicyclic) bond motifs is 1. The number of aliphatic hydroxyl groups excluding tert-OH is 1. The number of carbonyl (C=O) groups is 2. The molecular formula is C26H31N5O4. The molecule has 2 unspecified atom stereocenters. The third kappa shape index (κ3) is 5.00. The number of aromatic nitrogens is 3. The smallest absolute Gasteiger partial charge is 0.255 e. The van der Waals surface area contributed by atoms with Crippen LogP contribution < -0.4 is 15.4 Å². The zero-order chi connectivity index (χ0) is 24.5. The summed E-state index contributed by atoms with van der Waals surface area (Å²) in [6, 6.07) is 5.96. The highest BCUT2D eigenvalue weighted by molar-refractivity contribution is 6.09. The van der Waals surface area contributed by atoms with Gasteiger partial charge in [0.25, 0.3) is 5.91 Å². The van der Waals surface area contributed by atoms with E-state index in [1.165, 1.54) is 19.2 Å². The molecule has 9 heteroatoms. The van der Waals surface area contributed by atoms with Crippen molar-refractivity contribution >= 4 is 22.8 Å². The van der Waals surface area contributed by atoms with Crippen LogP contribution in [0.1, 0.15) is 53.7 Å². The first-order valence-corrected chi connectivity index (χ1v) is 12.2. The van der Waals surface area contributed by atoms with E-state index in [0.29, 0.717) is 41.2 Å². The molecule has 2 atom stereocenters. The molecule has 2 aromatic heterocycles. The van der Waals surface area contributed by atoms with Crippen molar-refractivity contribution in [3.05, 3.63) is 41.3 Å². The Bertz CT molecular complexity index is 1270. The maximum absolute atomic E-state index is 13.3. The number of aromatic amines is 1. The Morgan fingerprint density at radius 3 is 2.63 bits per heavy atom. The average Bonchev–Trinajstić information content (AvgIpc) is 3.47. The summed E-state index contributed by atoms with van der Waals surface area (Å²) < 4.78 is 6.14. The maximum Gasteiger partial charge on any atom is 0.255 e. The van der Waals surface area contributed by atoms with E-state index in [9.17, 15) is 9.59 Å². The van der Waals surface area contributed by atoms with Crippen LogP contribution in [0.4, 0.5) is 0 Å². The molecule has 2 amide bonds. The van der Waals surface area contributed by atoms with Gasteiger partial charge in [-0.3, -0.25) is 9.59 Å². The van der Waals surface area contributed by atoms with Crippen LogP contribution in [-0.2, 0) is 4.79 Å². The van der Waals surface area contributed by atoms with Gasteiger partial charge in [0.15, 0.2) is 0 Å². The molecule has 2 aliphatic carbocycles. The first-order valence-electron chi connectivity index (χ1n) is 12.2. The largest absolute Gasteiger partial charge is 0.493 e. The van der Waals surface area contributed by atoms with Crippen molar-refractivity contribution in [2.75, 3.05) is 13.2 Å². The number of aliphatic hydroxyl groups is 1. The summed E-state index contributed by atoms with van der Waals surface area (Å²) in [6.45, 7) is 4.06. The van der Waals surface area contributed by atoms with Gasteiger partial charge in [-0.1, -0.05) is 11.6 Å². The topological polar surface area (TPSA) is 129 Å². The number of hydrogen-bond acceptors (Lipinski definition) is 6. The first kappa shape index (κ1) is 23.3. The quantitative estimate of drug-likeness (QED) is 0.395. The summed E-state index contributed by atoms with van der Waals surface area (Å²) in [6.07, 6.45) is 6.06. The minimum atomic E-state index is -0.529. The summed E-state index contributed by atoms with van der Waals surface area (Å²) in [7, 11) is 0. The number of rotatable bonds is 8. The van der Waals surface area contributed by atoms with Crippen molar-refractivity contribution in [1.82, 2.24) is 25.6 Å². The van der Waals surface area contributed by atoms with Crippen molar-refractivity contribution in [1.29, 1.82) is 0 Å². The number of ether oxygens (including phenoxy) is 1. The van der Waals surface area contributed by atoms with Crippen molar-refractivity contribution in [3.8, 4) is 17.0 Å². The molecule has 35 heavy (non-hydrogen) atoms. The second-order valence-corrected chi connectivity index (χ2v) is 9.73. The van der Waals surface area contributed by atoms with E-state index in [0.717, 1.165) is 35.4 Å².